The minimum atomic E-state index is -0.661. The van der Waals surface area contributed by atoms with E-state index in [2.05, 4.69) is 17.4 Å². The molecule has 1 heterocycles. The van der Waals surface area contributed by atoms with E-state index in [0.29, 0.717) is 6.42 Å². The van der Waals surface area contributed by atoms with Gasteiger partial charge in [-0.1, -0.05) is 30.3 Å². The molecular formula is C14H20FN. The van der Waals surface area contributed by atoms with Gasteiger partial charge in [0.15, 0.2) is 0 Å². The minimum absolute atomic E-state index is 0.121. The Morgan fingerprint density at radius 2 is 2.12 bits per heavy atom. The van der Waals surface area contributed by atoms with Crippen LogP contribution in [0.3, 0.4) is 0 Å². The maximum absolute atomic E-state index is 13.7. The molecule has 2 rings (SSSR count). The molecule has 0 aliphatic carbocycles. The molecule has 1 aromatic carbocycles. The molecule has 1 nitrogen and oxygen atoms in total. The number of alkyl halides is 1. The summed E-state index contributed by atoms with van der Waals surface area (Å²) in [6, 6.07) is 10.4. The molecule has 0 aromatic heterocycles. The van der Waals surface area contributed by atoms with Crippen molar-refractivity contribution in [3.63, 3.8) is 0 Å². The van der Waals surface area contributed by atoms with Gasteiger partial charge in [-0.2, -0.15) is 0 Å². The molecule has 1 N–H and O–H groups in total. The van der Waals surface area contributed by atoms with Crippen molar-refractivity contribution in [3.8, 4) is 0 Å². The molecule has 0 amide bonds. The lowest BCUT2D eigenvalue weighted by Gasteiger charge is -2.15. The van der Waals surface area contributed by atoms with E-state index in [0.717, 1.165) is 32.2 Å². The molecular weight excluding hydrogens is 201 g/mol. The molecule has 88 valence electrons. The Labute approximate surface area is 97.1 Å². The van der Waals surface area contributed by atoms with Crippen LogP contribution in [0.5, 0.6) is 0 Å². The van der Waals surface area contributed by atoms with Gasteiger partial charge in [-0.05, 0) is 44.2 Å². The molecule has 2 heteroatoms. The van der Waals surface area contributed by atoms with Gasteiger partial charge in [0, 0.05) is 6.04 Å². The monoisotopic (exact) mass is 221 g/mol. The smallest absolute Gasteiger partial charge is 0.115 e. The van der Waals surface area contributed by atoms with E-state index in [1.165, 1.54) is 5.56 Å². The van der Waals surface area contributed by atoms with Crippen molar-refractivity contribution in [3.05, 3.63) is 35.9 Å². The second kappa shape index (κ2) is 6.00. The first-order valence-corrected chi connectivity index (χ1v) is 6.27. The highest BCUT2D eigenvalue weighted by Gasteiger charge is 2.23. The summed E-state index contributed by atoms with van der Waals surface area (Å²) in [6.07, 6.45) is 4.10. The van der Waals surface area contributed by atoms with Gasteiger partial charge < -0.3 is 5.32 Å². The molecule has 1 saturated heterocycles. The lowest BCUT2D eigenvalue weighted by molar-refractivity contribution is 0.246. The number of hydrogen-bond donors (Lipinski definition) is 1. The first-order chi connectivity index (χ1) is 7.86. The summed E-state index contributed by atoms with van der Waals surface area (Å²) in [5, 5.41) is 3.23. The third-order valence-electron chi connectivity index (χ3n) is 3.32. The third-order valence-corrected chi connectivity index (χ3v) is 3.32. The maximum atomic E-state index is 13.7. The molecule has 0 radical (unpaired) electrons. The Balaban J connectivity index is 1.67. The van der Waals surface area contributed by atoms with Crippen LogP contribution in [0.25, 0.3) is 0 Å². The molecule has 0 spiro atoms. The zero-order chi connectivity index (χ0) is 11.2. The highest BCUT2D eigenvalue weighted by atomic mass is 19.1. The second-order valence-electron chi connectivity index (χ2n) is 4.60. The Morgan fingerprint density at radius 3 is 2.81 bits per heavy atom. The van der Waals surface area contributed by atoms with Crippen molar-refractivity contribution >= 4 is 0 Å². The summed E-state index contributed by atoms with van der Waals surface area (Å²) >= 11 is 0. The Morgan fingerprint density at radius 1 is 1.31 bits per heavy atom. The minimum Gasteiger partial charge on any atom is -0.311 e. The Hall–Kier alpha value is -0.890. The largest absolute Gasteiger partial charge is 0.311 e. The molecule has 0 saturated carbocycles. The maximum Gasteiger partial charge on any atom is 0.115 e. The van der Waals surface area contributed by atoms with Crippen LogP contribution in [-0.4, -0.2) is 18.8 Å². The highest BCUT2D eigenvalue weighted by Crippen LogP contribution is 2.17. The van der Waals surface area contributed by atoms with E-state index in [4.69, 9.17) is 0 Å². The van der Waals surface area contributed by atoms with Gasteiger partial charge in [-0.3, -0.25) is 0 Å². The van der Waals surface area contributed by atoms with Crippen molar-refractivity contribution in [2.75, 3.05) is 6.54 Å². The van der Waals surface area contributed by atoms with Gasteiger partial charge in [0.25, 0.3) is 0 Å². The predicted molar refractivity (Wildman–Crippen MR) is 65.3 cm³/mol. The zero-order valence-electron chi connectivity index (χ0n) is 9.66. The molecule has 0 bridgehead atoms. The van der Waals surface area contributed by atoms with Gasteiger partial charge in [0.05, 0.1) is 0 Å². The van der Waals surface area contributed by atoms with Crippen LogP contribution in [0.1, 0.15) is 31.2 Å². The Kier molecular flexibility index (Phi) is 4.34. The van der Waals surface area contributed by atoms with Crippen molar-refractivity contribution in [2.24, 2.45) is 0 Å². The number of benzene rings is 1. The fourth-order valence-corrected chi connectivity index (χ4v) is 2.37. The summed E-state index contributed by atoms with van der Waals surface area (Å²) in [7, 11) is 0. The van der Waals surface area contributed by atoms with E-state index in [-0.39, 0.29) is 6.04 Å². The summed E-state index contributed by atoms with van der Waals surface area (Å²) in [6.45, 7) is 0.990. The topological polar surface area (TPSA) is 12.0 Å². The summed E-state index contributed by atoms with van der Waals surface area (Å²) < 4.78 is 13.7. The normalized spacial score (nSPS) is 22.2. The first-order valence-electron chi connectivity index (χ1n) is 6.27. The Bertz CT molecular complexity index is 293. The summed E-state index contributed by atoms with van der Waals surface area (Å²) in [5.41, 5.74) is 1.31. The van der Waals surface area contributed by atoms with E-state index in [1.807, 2.05) is 18.2 Å². The third kappa shape index (κ3) is 3.31. The molecule has 16 heavy (non-hydrogen) atoms. The molecule has 1 fully saturated rings. The van der Waals surface area contributed by atoms with Crippen LogP contribution in [0, 0.1) is 0 Å². The van der Waals surface area contributed by atoms with Gasteiger partial charge in [0.2, 0.25) is 0 Å². The fraction of sp³-hybridized carbons (Fsp3) is 0.571. The van der Waals surface area contributed by atoms with E-state index in [9.17, 15) is 4.39 Å². The van der Waals surface area contributed by atoms with Crippen LogP contribution in [0.4, 0.5) is 4.39 Å². The van der Waals surface area contributed by atoms with Crippen LogP contribution >= 0.6 is 0 Å². The number of halogens is 1. The van der Waals surface area contributed by atoms with Gasteiger partial charge >= 0.3 is 0 Å². The summed E-state index contributed by atoms with van der Waals surface area (Å²) in [4.78, 5) is 0. The molecule has 2 unspecified atom stereocenters. The lowest BCUT2D eigenvalue weighted by atomic mass is 10.0. The first kappa shape index (κ1) is 11.6. The van der Waals surface area contributed by atoms with E-state index < -0.39 is 6.17 Å². The van der Waals surface area contributed by atoms with Crippen molar-refractivity contribution in [2.45, 2.75) is 44.3 Å². The van der Waals surface area contributed by atoms with Gasteiger partial charge in [-0.15, -0.1) is 0 Å². The predicted octanol–water partition coefficient (Wildman–Crippen LogP) is 3.10. The highest BCUT2D eigenvalue weighted by molar-refractivity contribution is 5.14. The quantitative estimate of drug-likeness (QED) is 0.805. The number of nitrogens with one attached hydrogen (secondary N) is 1. The number of aryl methyl sites for hydroxylation is 1. The van der Waals surface area contributed by atoms with Gasteiger partial charge in [0.1, 0.15) is 6.17 Å². The molecule has 1 aliphatic rings. The fourth-order valence-electron chi connectivity index (χ4n) is 2.37. The van der Waals surface area contributed by atoms with Crippen LogP contribution in [-0.2, 0) is 6.42 Å². The standard InChI is InChI=1S/C14H20FN/c15-13(14-10-5-11-16-14)9-4-8-12-6-2-1-3-7-12/h1-3,6-7,13-14,16H,4-5,8-11H2. The molecule has 1 aliphatic heterocycles. The number of hydrogen-bond acceptors (Lipinski definition) is 1. The zero-order valence-corrected chi connectivity index (χ0v) is 9.66. The van der Waals surface area contributed by atoms with Crippen LogP contribution in [0.2, 0.25) is 0 Å². The van der Waals surface area contributed by atoms with Crippen molar-refractivity contribution in [1.29, 1.82) is 0 Å². The average Bonchev–Trinajstić information content (AvgIpc) is 2.84. The SMILES string of the molecule is FC(CCCc1ccccc1)C1CCCN1. The molecule has 1 aromatic rings. The van der Waals surface area contributed by atoms with Crippen LogP contribution < -0.4 is 5.32 Å². The van der Waals surface area contributed by atoms with E-state index in [1.54, 1.807) is 0 Å². The van der Waals surface area contributed by atoms with Crippen LogP contribution in [0.15, 0.2) is 30.3 Å². The van der Waals surface area contributed by atoms with E-state index >= 15 is 0 Å². The lowest BCUT2D eigenvalue weighted by Crippen LogP contribution is -2.31. The second-order valence-corrected chi connectivity index (χ2v) is 4.60. The summed E-state index contributed by atoms with van der Waals surface area (Å²) in [5.74, 6) is 0. The average molecular weight is 221 g/mol. The molecule has 2 atom stereocenters. The van der Waals surface area contributed by atoms with Crippen molar-refractivity contribution in [1.82, 2.24) is 5.32 Å². The van der Waals surface area contributed by atoms with Crippen molar-refractivity contribution < 1.29 is 4.39 Å². The number of rotatable bonds is 5. The van der Waals surface area contributed by atoms with Gasteiger partial charge in [-0.25, -0.2) is 4.39 Å².